The molecule has 1 saturated heterocycles. The van der Waals surface area contributed by atoms with E-state index >= 15 is 0 Å². The lowest BCUT2D eigenvalue weighted by molar-refractivity contribution is 0.111. The van der Waals surface area contributed by atoms with Crippen LogP contribution in [0.1, 0.15) is 62.3 Å². The number of carbonyl (C=O) groups is 2. The van der Waals surface area contributed by atoms with Crippen LogP contribution in [0.5, 0.6) is 11.5 Å². The van der Waals surface area contributed by atoms with Crippen LogP contribution < -0.4 is 9.05 Å². The van der Waals surface area contributed by atoms with Crippen LogP contribution in [0.3, 0.4) is 0 Å². The molecule has 10 heteroatoms. The summed E-state index contributed by atoms with van der Waals surface area (Å²) < 4.78 is 17.1. The van der Waals surface area contributed by atoms with Gasteiger partial charge < -0.3 is 9.05 Å². The van der Waals surface area contributed by atoms with Crippen LogP contribution in [0.4, 0.5) is 0 Å². The first-order valence-electron chi connectivity index (χ1n) is 10.1. The molecule has 1 heterocycles. The van der Waals surface area contributed by atoms with Gasteiger partial charge >= 0.3 is 0 Å². The summed E-state index contributed by atoms with van der Waals surface area (Å²) >= 11 is 12.4. The van der Waals surface area contributed by atoms with Gasteiger partial charge in [-0.15, -0.1) is 0 Å². The average molecular weight is 511 g/mol. The van der Waals surface area contributed by atoms with Crippen LogP contribution in [0, 0.1) is 0 Å². The molecule has 0 spiro atoms. The van der Waals surface area contributed by atoms with Gasteiger partial charge in [-0.1, -0.05) is 0 Å². The fraction of sp³-hybridized carbons (Fsp3) is 0.364. The summed E-state index contributed by atoms with van der Waals surface area (Å²) in [6.45, 7) is 6.69. The zero-order valence-electron chi connectivity index (χ0n) is 19.0. The molecule has 2 aromatic rings. The van der Waals surface area contributed by atoms with Crippen LogP contribution in [0.15, 0.2) is 48.5 Å². The Morgan fingerprint density at radius 3 is 1.16 bits per heavy atom. The fourth-order valence-corrected chi connectivity index (χ4v) is 19.0. The van der Waals surface area contributed by atoms with Crippen molar-refractivity contribution in [2.45, 2.75) is 52.6 Å². The minimum absolute atomic E-state index is 0.418. The smallest absolute Gasteiger partial charge is 0.269 e. The molecule has 0 N–H and O–H groups in total. The van der Waals surface area contributed by atoms with Crippen LogP contribution in [0.25, 0.3) is 0 Å². The Morgan fingerprint density at radius 1 is 0.656 bits per heavy atom. The zero-order valence-corrected chi connectivity index (χ0v) is 22.4. The molecule has 0 bridgehead atoms. The molecule has 0 aromatic heterocycles. The van der Waals surface area contributed by atoms with Crippen LogP contribution in [-0.2, 0) is 23.6 Å². The van der Waals surface area contributed by atoms with E-state index in [1.54, 1.807) is 48.5 Å². The van der Waals surface area contributed by atoms with Crippen molar-refractivity contribution in [3.8, 4) is 11.5 Å². The number of carbonyl (C=O) groups excluding carboxylic acids is 2. The minimum Gasteiger partial charge on any atom is -0.440 e. The molecule has 172 valence electrons. The molecule has 1 aliphatic rings. The van der Waals surface area contributed by atoms with E-state index in [4.69, 9.17) is 32.7 Å². The second kappa shape index (κ2) is 8.75. The number of hydrogen-bond donors (Lipinski definition) is 0. The van der Waals surface area contributed by atoms with Crippen molar-refractivity contribution in [3.63, 3.8) is 0 Å². The lowest BCUT2D eigenvalue weighted by Crippen LogP contribution is -2.58. The predicted octanol–water partition coefficient (Wildman–Crippen LogP) is 6.43. The molecular weight excluding hydrogens is 482 g/mol. The Labute approximate surface area is 200 Å². The maximum Gasteiger partial charge on any atom is 0.269 e. The highest BCUT2D eigenvalue weighted by molar-refractivity contribution is 8.27. The topological polar surface area (TPSA) is 59.1 Å². The van der Waals surface area contributed by atoms with Crippen molar-refractivity contribution in [1.82, 2.24) is 8.88 Å². The van der Waals surface area contributed by atoms with Crippen LogP contribution in [0.2, 0.25) is 0 Å². The summed E-state index contributed by atoms with van der Waals surface area (Å²) in [7, 11) is 0. The molecule has 0 amide bonds. The third-order valence-corrected chi connectivity index (χ3v) is 16.6. The summed E-state index contributed by atoms with van der Waals surface area (Å²) in [6, 6.07) is 13.8. The van der Waals surface area contributed by atoms with Gasteiger partial charge in [-0.2, -0.15) is 8.88 Å². The first-order valence-corrected chi connectivity index (χ1v) is 15.3. The summed E-state index contributed by atoms with van der Waals surface area (Å²) in [4.78, 5) is 22.0. The van der Waals surface area contributed by atoms with Gasteiger partial charge in [0.15, 0.2) is 0 Å². The average Bonchev–Trinajstić information content (AvgIpc) is 2.66. The predicted molar refractivity (Wildman–Crippen MR) is 137 cm³/mol. The van der Waals surface area contributed by atoms with Gasteiger partial charge in [-0.25, -0.2) is 0 Å². The van der Waals surface area contributed by atoms with E-state index < -0.39 is 24.2 Å². The number of aldehydes is 2. The van der Waals surface area contributed by atoms with Crippen molar-refractivity contribution in [1.29, 1.82) is 0 Å². The molecular formula is C22H28N2O4P2S2. The number of nitrogens with zero attached hydrogens (tertiary/aromatic N) is 2. The monoisotopic (exact) mass is 510 g/mol. The number of benzene rings is 2. The first-order chi connectivity index (χ1) is 14.8. The van der Waals surface area contributed by atoms with Crippen molar-refractivity contribution >= 4 is 49.3 Å². The van der Waals surface area contributed by atoms with Gasteiger partial charge in [0, 0.05) is 22.2 Å². The molecule has 32 heavy (non-hydrogen) atoms. The van der Waals surface area contributed by atoms with Crippen molar-refractivity contribution in [3.05, 3.63) is 59.7 Å². The Bertz CT molecular complexity index is 1000. The van der Waals surface area contributed by atoms with E-state index in [1.165, 1.54) is 0 Å². The van der Waals surface area contributed by atoms with Gasteiger partial charge in [0.2, 0.25) is 0 Å². The molecule has 2 aromatic carbocycles. The summed E-state index contributed by atoms with van der Waals surface area (Å²) in [6.07, 6.45) is 1.58. The maximum atomic E-state index is 11.0. The molecule has 6 nitrogen and oxygen atoms in total. The molecule has 0 atom stereocenters. The Morgan fingerprint density at radius 2 is 0.938 bits per heavy atom. The molecule has 0 saturated carbocycles. The Hall–Kier alpha value is -1.40. The van der Waals surface area contributed by atoms with E-state index in [-0.39, 0.29) is 0 Å². The number of hydrogen-bond acceptors (Lipinski definition) is 6. The second-order valence-electron chi connectivity index (χ2n) is 9.46. The molecule has 0 aliphatic carbocycles. The van der Waals surface area contributed by atoms with Crippen molar-refractivity contribution in [2.75, 3.05) is 0 Å². The van der Waals surface area contributed by atoms with Crippen molar-refractivity contribution < 1.29 is 18.6 Å². The molecule has 0 unspecified atom stereocenters. The second-order valence-corrected chi connectivity index (χ2v) is 16.9. The summed E-state index contributed by atoms with van der Waals surface area (Å²) in [5, 5.41) is 0. The highest BCUT2D eigenvalue weighted by atomic mass is 32.5. The summed E-state index contributed by atoms with van der Waals surface area (Å²) in [5.41, 5.74) is 0.293. The summed E-state index contributed by atoms with van der Waals surface area (Å²) in [5.74, 6) is 1.16. The molecule has 0 radical (unpaired) electrons. The highest BCUT2D eigenvalue weighted by Gasteiger charge is 2.68. The van der Waals surface area contributed by atoms with Gasteiger partial charge in [0.1, 0.15) is 24.1 Å². The molecule has 1 fully saturated rings. The fourth-order valence-electron chi connectivity index (χ4n) is 3.57. The van der Waals surface area contributed by atoms with E-state index in [2.05, 4.69) is 8.88 Å². The zero-order chi connectivity index (χ0) is 23.9. The first kappa shape index (κ1) is 25.2. The third kappa shape index (κ3) is 4.63. The minimum atomic E-state index is -2.80. The van der Waals surface area contributed by atoms with E-state index in [9.17, 15) is 9.59 Å². The van der Waals surface area contributed by atoms with Gasteiger partial charge in [0.25, 0.3) is 13.1 Å². The lowest BCUT2D eigenvalue weighted by atomic mass is 10.1. The maximum absolute atomic E-state index is 11.0. The molecule has 1 aliphatic heterocycles. The quantitative estimate of drug-likeness (QED) is 0.325. The van der Waals surface area contributed by atoms with Gasteiger partial charge in [0.05, 0.1) is 0 Å². The largest absolute Gasteiger partial charge is 0.440 e. The standard InChI is InChI=1S/C22H28N2O4P2S2/c1-21(2,3)23-29(31,27-19-11-7-17(15-25)8-12-19)24(22(4,5)6)30(23,32)28-20-13-9-18(16-26)10-14-20/h7-16H,1-6H3. The van der Waals surface area contributed by atoms with E-state index in [1.807, 2.05) is 41.5 Å². The normalized spacial score (nSPS) is 24.4. The van der Waals surface area contributed by atoms with E-state index in [0.717, 1.165) is 12.6 Å². The third-order valence-electron chi connectivity index (χ3n) is 4.64. The van der Waals surface area contributed by atoms with Gasteiger partial charge in [-0.3, -0.25) is 9.59 Å². The van der Waals surface area contributed by atoms with Crippen molar-refractivity contribution in [2.24, 2.45) is 0 Å². The molecule has 3 rings (SSSR count). The van der Waals surface area contributed by atoms with Crippen LogP contribution >= 0.6 is 13.1 Å². The Kier molecular flexibility index (Phi) is 6.90. The Balaban J connectivity index is 2.07. The SMILES string of the molecule is CC(C)(C)N1P(=S)(Oc2ccc(C=O)cc2)N(C(C)(C)C)P1(=S)Oc1ccc(C=O)cc1. The van der Waals surface area contributed by atoms with Gasteiger partial charge in [-0.05, 0) is 114 Å². The van der Waals surface area contributed by atoms with Crippen LogP contribution in [-0.4, -0.2) is 32.5 Å². The number of rotatable bonds is 6. The highest BCUT2D eigenvalue weighted by Crippen LogP contribution is 2.89. The lowest BCUT2D eigenvalue weighted by Gasteiger charge is -2.65. The van der Waals surface area contributed by atoms with E-state index in [0.29, 0.717) is 22.6 Å².